The SMILES string of the molecule is C=CCc1cccc([C@H]2C3=CC[C@@H]4C(=O)N(C)C(=O)[C@@H]4[C@@H]3C[C@H]3C(=O)C=C(C)C(=O)[C@@]23C)c1O. The average molecular weight is 460 g/mol. The Morgan fingerprint density at radius 2 is 1.91 bits per heavy atom. The van der Waals surface area contributed by atoms with E-state index in [1.807, 2.05) is 31.2 Å². The zero-order valence-corrected chi connectivity index (χ0v) is 19.7. The molecule has 6 atom stereocenters. The zero-order chi connectivity index (χ0) is 24.5. The second-order valence-corrected chi connectivity index (χ2v) is 10.3. The first-order valence-corrected chi connectivity index (χ1v) is 11.8. The van der Waals surface area contributed by atoms with Crippen LogP contribution in [0.5, 0.6) is 5.75 Å². The summed E-state index contributed by atoms with van der Waals surface area (Å²) in [5.74, 6) is -3.08. The van der Waals surface area contributed by atoms with Gasteiger partial charge in [0.1, 0.15) is 5.75 Å². The number of fused-ring (bicyclic) bond motifs is 4. The minimum Gasteiger partial charge on any atom is -0.507 e. The van der Waals surface area contributed by atoms with Gasteiger partial charge >= 0.3 is 0 Å². The monoisotopic (exact) mass is 459 g/mol. The van der Waals surface area contributed by atoms with Crippen molar-refractivity contribution in [3.8, 4) is 5.75 Å². The molecule has 2 amide bonds. The summed E-state index contributed by atoms with van der Waals surface area (Å²) in [4.78, 5) is 54.1. The van der Waals surface area contributed by atoms with Crippen molar-refractivity contribution >= 4 is 23.4 Å². The molecule has 0 aromatic heterocycles. The zero-order valence-electron chi connectivity index (χ0n) is 19.7. The highest BCUT2D eigenvalue weighted by Gasteiger charge is 2.63. The summed E-state index contributed by atoms with van der Waals surface area (Å²) in [5, 5.41) is 11.3. The van der Waals surface area contributed by atoms with Crippen molar-refractivity contribution in [2.45, 2.75) is 39.0 Å². The van der Waals surface area contributed by atoms with Crippen LogP contribution in [0.1, 0.15) is 43.7 Å². The van der Waals surface area contributed by atoms with Crippen LogP contribution in [0.25, 0.3) is 0 Å². The first-order valence-electron chi connectivity index (χ1n) is 11.8. The second-order valence-electron chi connectivity index (χ2n) is 10.3. The van der Waals surface area contributed by atoms with Gasteiger partial charge in [-0.3, -0.25) is 24.1 Å². The number of carbonyl (C=O) groups excluding carboxylic acids is 4. The van der Waals surface area contributed by atoms with Crippen molar-refractivity contribution in [1.29, 1.82) is 0 Å². The number of benzene rings is 1. The fourth-order valence-corrected chi connectivity index (χ4v) is 7.06. The van der Waals surface area contributed by atoms with Gasteiger partial charge in [-0.2, -0.15) is 0 Å². The van der Waals surface area contributed by atoms with E-state index in [0.717, 1.165) is 5.57 Å². The average Bonchev–Trinajstić information content (AvgIpc) is 3.03. The predicted octanol–water partition coefficient (Wildman–Crippen LogP) is 3.51. The molecule has 1 saturated carbocycles. The number of amides is 2. The summed E-state index contributed by atoms with van der Waals surface area (Å²) in [6.07, 6.45) is 6.33. The highest BCUT2D eigenvalue weighted by Crippen LogP contribution is 2.63. The van der Waals surface area contributed by atoms with Crippen molar-refractivity contribution in [3.05, 3.63) is 65.3 Å². The molecule has 6 heteroatoms. The molecule has 0 unspecified atom stereocenters. The Hall–Kier alpha value is -3.28. The van der Waals surface area contributed by atoms with Crippen LogP contribution in [0.15, 0.2) is 54.2 Å². The smallest absolute Gasteiger partial charge is 0.233 e. The number of rotatable bonds is 3. The third-order valence-corrected chi connectivity index (χ3v) is 8.69. The Labute approximate surface area is 199 Å². The van der Waals surface area contributed by atoms with E-state index >= 15 is 0 Å². The molecule has 0 radical (unpaired) electrons. The Morgan fingerprint density at radius 1 is 1.18 bits per heavy atom. The Bertz CT molecular complexity index is 1220. The molecule has 1 heterocycles. The Balaban J connectivity index is 1.75. The van der Waals surface area contributed by atoms with Crippen LogP contribution in [0.4, 0.5) is 0 Å². The predicted molar refractivity (Wildman–Crippen MR) is 126 cm³/mol. The van der Waals surface area contributed by atoms with E-state index in [2.05, 4.69) is 6.58 Å². The molecule has 6 nitrogen and oxygen atoms in total. The number of phenols is 1. The summed E-state index contributed by atoms with van der Waals surface area (Å²) in [6, 6.07) is 5.47. The summed E-state index contributed by atoms with van der Waals surface area (Å²) in [6.45, 7) is 7.27. The van der Waals surface area contributed by atoms with Crippen LogP contribution >= 0.6 is 0 Å². The van der Waals surface area contributed by atoms with Gasteiger partial charge in [0.05, 0.1) is 17.3 Å². The van der Waals surface area contributed by atoms with Crippen LogP contribution in [0, 0.1) is 29.1 Å². The van der Waals surface area contributed by atoms with E-state index in [9.17, 15) is 24.3 Å². The van der Waals surface area contributed by atoms with E-state index < -0.39 is 29.1 Å². The van der Waals surface area contributed by atoms with Gasteiger partial charge in [0.15, 0.2) is 11.6 Å². The number of carbonyl (C=O) groups is 4. The number of nitrogens with zero attached hydrogens (tertiary/aromatic N) is 1. The summed E-state index contributed by atoms with van der Waals surface area (Å²) in [7, 11) is 1.51. The number of likely N-dealkylation sites (tertiary alicyclic amines) is 1. The van der Waals surface area contributed by atoms with E-state index in [-0.39, 0.29) is 35.0 Å². The highest BCUT2D eigenvalue weighted by atomic mass is 16.3. The van der Waals surface area contributed by atoms with Crippen LogP contribution in [-0.2, 0) is 25.6 Å². The molecule has 34 heavy (non-hydrogen) atoms. The molecule has 0 spiro atoms. The van der Waals surface area contributed by atoms with Crippen LogP contribution in [0.2, 0.25) is 0 Å². The standard InChI is InChI=1S/C28H29NO5/c1-5-7-15-8-6-9-18(24(15)31)23-16-10-11-17-22(27(34)29(4)26(17)33)19(16)13-20-21(30)12-14(2)25(32)28(20,23)3/h5-6,8-10,12,17,19-20,22-23,31H,1,7,11,13H2,2-4H3/t17-,19+,20-,22-,23+,28+/m0/s1. The maximum Gasteiger partial charge on any atom is 0.233 e. The van der Waals surface area contributed by atoms with Gasteiger partial charge in [-0.15, -0.1) is 6.58 Å². The van der Waals surface area contributed by atoms with Gasteiger partial charge in [0.25, 0.3) is 0 Å². The van der Waals surface area contributed by atoms with E-state index in [1.54, 1.807) is 13.0 Å². The molecular formula is C28H29NO5. The molecule has 2 fully saturated rings. The first-order chi connectivity index (χ1) is 16.1. The molecule has 1 saturated heterocycles. The largest absolute Gasteiger partial charge is 0.507 e. The molecular weight excluding hydrogens is 430 g/mol. The highest BCUT2D eigenvalue weighted by molar-refractivity contribution is 6.13. The lowest BCUT2D eigenvalue weighted by atomic mass is 9.47. The van der Waals surface area contributed by atoms with Gasteiger partial charge in [-0.1, -0.05) is 42.8 Å². The fourth-order valence-electron chi connectivity index (χ4n) is 7.06. The van der Waals surface area contributed by atoms with Crippen molar-refractivity contribution in [1.82, 2.24) is 4.90 Å². The number of allylic oxidation sites excluding steroid dienone is 5. The molecule has 4 aliphatic rings. The summed E-state index contributed by atoms with van der Waals surface area (Å²) < 4.78 is 0. The molecule has 176 valence electrons. The Kier molecular flexibility index (Phi) is 5.04. The maximum absolute atomic E-state index is 13.7. The van der Waals surface area contributed by atoms with Gasteiger partial charge in [0, 0.05) is 24.4 Å². The number of ketones is 2. The fraction of sp³-hybridized carbons (Fsp3) is 0.429. The summed E-state index contributed by atoms with van der Waals surface area (Å²) >= 11 is 0. The molecule has 1 N–H and O–H groups in total. The number of aromatic hydroxyl groups is 1. The van der Waals surface area contributed by atoms with Gasteiger partial charge < -0.3 is 5.11 Å². The van der Waals surface area contributed by atoms with E-state index in [4.69, 9.17) is 0 Å². The second kappa shape index (κ2) is 7.62. The van der Waals surface area contributed by atoms with E-state index in [1.165, 1.54) is 18.0 Å². The van der Waals surface area contributed by atoms with Gasteiger partial charge in [-0.25, -0.2) is 0 Å². The quantitative estimate of drug-likeness (QED) is 0.552. The number of hydrogen-bond donors (Lipinski definition) is 1. The number of Topliss-reactive ketones (excluding diaryl/α,β-unsaturated/α-hetero) is 1. The molecule has 5 rings (SSSR count). The van der Waals surface area contributed by atoms with E-state index in [0.29, 0.717) is 36.0 Å². The third kappa shape index (κ3) is 2.80. The lowest BCUT2D eigenvalue weighted by Crippen LogP contribution is -2.54. The van der Waals surface area contributed by atoms with Crippen LogP contribution in [0.3, 0.4) is 0 Å². The van der Waals surface area contributed by atoms with Crippen LogP contribution < -0.4 is 0 Å². The normalized spacial score (nSPS) is 34.8. The lowest BCUT2D eigenvalue weighted by Gasteiger charge is -2.53. The van der Waals surface area contributed by atoms with Crippen LogP contribution in [-0.4, -0.2) is 40.4 Å². The number of hydrogen-bond acceptors (Lipinski definition) is 5. The van der Waals surface area contributed by atoms with Gasteiger partial charge in [0.2, 0.25) is 11.8 Å². The number of phenolic OH excluding ortho intramolecular Hbond substituents is 1. The van der Waals surface area contributed by atoms with Crippen molar-refractivity contribution in [2.24, 2.45) is 29.1 Å². The molecule has 1 aromatic rings. The third-order valence-electron chi connectivity index (χ3n) is 8.69. The number of para-hydroxylation sites is 1. The minimum absolute atomic E-state index is 0.0921. The molecule has 3 aliphatic carbocycles. The summed E-state index contributed by atoms with van der Waals surface area (Å²) in [5.41, 5.74) is 1.49. The topological polar surface area (TPSA) is 91.8 Å². The van der Waals surface area contributed by atoms with Gasteiger partial charge in [-0.05, 0) is 49.3 Å². The van der Waals surface area contributed by atoms with Crippen molar-refractivity contribution < 1.29 is 24.3 Å². The lowest BCUT2D eigenvalue weighted by molar-refractivity contribution is -0.142. The van der Waals surface area contributed by atoms with Crippen molar-refractivity contribution in [2.75, 3.05) is 7.05 Å². The molecule has 1 aromatic carbocycles. The maximum atomic E-state index is 13.7. The van der Waals surface area contributed by atoms with Crippen molar-refractivity contribution in [3.63, 3.8) is 0 Å². The minimum atomic E-state index is -1.09. The Morgan fingerprint density at radius 3 is 2.62 bits per heavy atom. The first kappa shape index (κ1) is 22.5. The molecule has 1 aliphatic heterocycles. The number of imide groups is 1. The molecule has 0 bridgehead atoms.